The quantitative estimate of drug-likeness (QED) is 0.0828. The molecular formula is C123H179N13O8S2. The van der Waals surface area contributed by atoms with Crippen LogP contribution in [-0.2, 0) is 90.5 Å². The summed E-state index contributed by atoms with van der Waals surface area (Å²) in [5.41, 5.74) is 26.9. The third-order valence-electron chi connectivity index (χ3n) is 49.5. The Morgan fingerprint density at radius 2 is 0.699 bits per heavy atom. The van der Waals surface area contributed by atoms with Crippen LogP contribution in [0.3, 0.4) is 0 Å². The molecule has 0 radical (unpaired) electrons. The van der Waals surface area contributed by atoms with Crippen LogP contribution < -0.4 is 21.1 Å². The number of benzene rings is 1. The van der Waals surface area contributed by atoms with Gasteiger partial charge in [0.05, 0.1) is 82.0 Å². The van der Waals surface area contributed by atoms with E-state index in [-0.39, 0.29) is 51.8 Å². The summed E-state index contributed by atoms with van der Waals surface area (Å²) in [6.45, 7) is 45.0. The number of rotatable bonds is 3. The smallest absolute Gasteiger partial charge is 0.282 e. The molecule has 1 aromatic carbocycles. The second kappa shape index (κ2) is 36.1. The minimum atomic E-state index is -3.76. The van der Waals surface area contributed by atoms with Crippen molar-refractivity contribution in [1.82, 2.24) is 60.0 Å². The first-order valence-corrected chi connectivity index (χ1v) is 62.6. The van der Waals surface area contributed by atoms with E-state index in [0.717, 1.165) is 164 Å². The summed E-state index contributed by atoms with van der Waals surface area (Å²) >= 11 is 0. The van der Waals surface area contributed by atoms with Crippen LogP contribution in [0.1, 0.15) is 341 Å². The van der Waals surface area contributed by atoms with Gasteiger partial charge in [0.25, 0.3) is 20.2 Å². The first kappa shape index (κ1) is 99.9. The molecule has 16 aliphatic carbocycles. The summed E-state index contributed by atoms with van der Waals surface area (Å²) in [5, 5.41) is 45.1. The Morgan fingerprint density at radius 1 is 0.377 bits per heavy atom. The van der Waals surface area contributed by atoms with Gasteiger partial charge in [-0.3, -0.25) is 15.3 Å². The molecule has 21 nitrogen and oxygen atoms in total. The molecule has 146 heavy (non-hydrogen) atoms. The highest BCUT2D eigenvalue weighted by molar-refractivity contribution is 7.89. The average Bonchev–Trinajstić information content (AvgIpc) is 1.55. The van der Waals surface area contributed by atoms with E-state index in [9.17, 15) is 16.8 Å². The summed E-state index contributed by atoms with van der Waals surface area (Å²) in [5.74, 6) is 16.7. The predicted octanol–water partition coefficient (Wildman–Crippen LogP) is 21.7. The van der Waals surface area contributed by atoms with Crippen molar-refractivity contribution in [3.63, 3.8) is 0 Å². The number of hydrogen-bond donors (Lipinski definition) is 7. The van der Waals surface area contributed by atoms with Crippen LogP contribution in [-0.4, -0.2) is 158 Å². The molecule has 0 unspecified atom stereocenters. The van der Waals surface area contributed by atoms with Crippen molar-refractivity contribution < 1.29 is 35.8 Å². The minimum absolute atomic E-state index is 0.0122. The Labute approximate surface area is 874 Å². The van der Waals surface area contributed by atoms with E-state index in [0.29, 0.717) is 111 Å². The lowest BCUT2D eigenvalue weighted by atomic mass is 9.52. The highest BCUT2D eigenvalue weighted by atomic mass is 32.2. The highest BCUT2D eigenvalue weighted by Crippen LogP contribution is 2.72. The zero-order valence-electron chi connectivity index (χ0n) is 91.7. The molecule has 29 rings (SSSR count). The van der Waals surface area contributed by atoms with Crippen LogP contribution in [0.15, 0.2) is 98.5 Å². The molecule has 8 saturated carbocycles. The summed E-state index contributed by atoms with van der Waals surface area (Å²) in [6.07, 6.45) is 53.2. The van der Waals surface area contributed by atoms with Crippen molar-refractivity contribution in [3.8, 4) is 0 Å². The maximum Gasteiger partial charge on any atom is 0.282 e. The number of nitrogens with zero attached hydrogens (tertiary/aromatic N) is 6. The summed E-state index contributed by atoms with van der Waals surface area (Å²) in [6, 6.07) is 8.59. The number of piperidine rings is 4. The second-order valence-electron chi connectivity index (χ2n) is 56.8. The van der Waals surface area contributed by atoms with Gasteiger partial charge in [-0.2, -0.15) is 45.6 Å². The van der Waals surface area contributed by atoms with Crippen molar-refractivity contribution in [2.45, 2.75) is 425 Å². The minimum Gasteiger partial charge on any atom is -0.369 e. The topological polar surface area (TPSA) is 274 Å². The average molecular weight is 2030 g/mol. The fourth-order valence-corrected chi connectivity index (χ4v) is 43.9. The number of nitrogens with one attached hydrogen (secondary N) is 6. The van der Waals surface area contributed by atoms with Crippen molar-refractivity contribution in [2.75, 3.05) is 26.2 Å². The second-order valence-corrected chi connectivity index (χ2v) is 60.1. The van der Waals surface area contributed by atoms with E-state index in [4.69, 9.17) is 29.2 Å². The Morgan fingerprint density at radius 3 is 1.05 bits per heavy atom. The molecule has 5 aromatic rings. The van der Waals surface area contributed by atoms with E-state index in [2.05, 4.69) is 176 Å². The Hall–Kier alpha value is -5.44. The predicted molar refractivity (Wildman–Crippen MR) is 572 cm³/mol. The number of H-pyrrole nitrogens is 3. The molecule has 0 bridgehead atoms. The third kappa shape index (κ3) is 15.8. The van der Waals surface area contributed by atoms with Gasteiger partial charge < -0.3 is 34.9 Å². The first-order chi connectivity index (χ1) is 69.7. The fourth-order valence-electron chi connectivity index (χ4n) is 41.6. The molecule has 12 heterocycles. The maximum atomic E-state index is 13.5. The lowest BCUT2D eigenvalue weighted by molar-refractivity contribution is -0.0763. The SMILES string of the molecule is CC1=C2C[C@H]3[C@@H](CC[C@@H]4Cc5[nH]ncc5C[C@@]43C)[C@@H]2CC[C@@]2(C1)O[C@@H]1C[C@H](C)CN(S(N)(=O)=O)[C@H]1[C@H]2C.CC1=C2C[C@H]3[C@@H](CC[C@@H]4Cc5[nH]ncc5C[C@@]43C)[C@@H]2CC[C@@]2(C1)O[C@@H]1C[C@H](C)CN[C@H]1[C@H]2C.CC1=C2C[C@H]3[C@@H](CC[C@@H]4Cc5[nH]ncc5C[C@@]43C)[C@@H]2CC[C@@]2(C1)O[C@@H]1C[C@H](C)CN[C@H]1[C@H]2C.CC1=C2C[C@H]3[C@@H](CC[C@@H]4Cc5nn(S(=O)(=O)c6ccc(C)cc6)cc5C[C@@]43C)[C@@H]2CC[C@@]2(C1)O[C@@H]1C[C@H](C)CN[C@H]1[C@H]2C. The van der Waals surface area contributed by atoms with Crippen molar-refractivity contribution >= 4 is 20.2 Å². The van der Waals surface area contributed by atoms with Gasteiger partial charge in [-0.05, 0) is 460 Å². The highest BCUT2D eigenvalue weighted by Gasteiger charge is 2.68. The molecule has 8 N–H and O–H groups in total. The molecule has 16 fully saturated rings. The number of aromatic nitrogens is 8. The van der Waals surface area contributed by atoms with Gasteiger partial charge in [-0.1, -0.05) is 145 Å². The van der Waals surface area contributed by atoms with Crippen molar-refractivity contribution in [1.29, 1.82) is 0 Å². The van der Waals surface area contributed by atoms with E-state index in [1.54, 1.807) is 44.3 Å². The van der Waals surface area contributed by atoms with Crippen LogP contribution in [0.25, 0.3) is 0 Å². The molecule has 24 aliphatic rings. The van der Waals surface area contributed by atoms with Gasteiger partial charge in [0.2, 0.25) is 0 Å². The molecule has 4 spiro atoms. The number of hydrogen-bond acceptors (Lipinski definition) is 15. The van der Waals surface area contributed by atoms with Crippen molar-refractivity contribution in [3.05, 3.63) is 144 Å². The van der Waals surface area contributed by atoms with E-state index in [1.807, 2.05) is 36.4 Å². The Bertz CT molecular complexity index is 6090. The molecule has 8 saturated heterocycles. The number of allylic oxidation sites excluding steroid dienone is 4. The number of ether oxygens (including phenoxy) is 4. The maximum absolute atomic E-state index is 13.5. The van der Waals surface area contributed by atoms with Crippen LogP contribution in [0.2, 0.25) is 0 Å². The number of fused-ring (bicyclic) bond motifs is 28. The van der Waals surface area contributed by atoms with Gasteiger partial charge in [-0.25, -0.2) is 5.14 Å². The summed E-state index contributed by atoms with van der Waals surface area (Å²) < 4.78 is 83.2. The fraction of sp³-hybridized carbons (Fsp3) is 0.789. The Kier molecular flexibility index (Phi) is 24.7. The monoisotopic (exact) mass is 2030 g/mol. The molecule has 796 valence electrons. The van der Waals surface area contributed by atoms with Crippen LogP contribution in [0.5, 0.6) is 0 Å². The van der Waals surface area contributed by atoms with Crippen LogP contribution >= 0.6 is 0 Å². The zero-order valence-corrected chi connectivity index (χ0v) is 93.4. The van der Waals surface area contributed by atoms with E-state index in [1.165, 1.54) is 230 Å². The molecule has 8 aliphatic heterocycles. The lowest BCUT2D eigenvalue weighted by Crippen LogP contribution is -2.56. The molecule has 0 amide bonds. The van der Waals surface area contributed by atoms with Crippen molar-refractivity contribution in [2.24, 2.45) is 169 Å². The molecule has 23 heteroatoms. The van der Waals surface area contributed by atoms with Gasteiger partial charge >= 0.3 is 0 Å². The van der Waals surface area contributed by atoms with E-state index >= 15 is 0 Å². The molecular weight excluding hydrogens is 1850 g/mol. The number of aromatic amines is 3. The molecule has 4 aromatic heterocycles. The van der Waals surface area contributed by atoms with E-state index < -0.39 is 20.2 Å². The molecule has 40 atom stereocenters. The van der Waals surface area contributed by atoms with Gasteiger partial charge in [0, 0.05) is 71.6 Å². The number of aryl methyl sites for hydroxylation is 1. The third-order valence-corrected chi connectivity index (χ3v) is 52.0. The van der Waals surface area contributed by atoms with Gasteiger partial charge in [0.1, 0.15) is 0 Å². The lowest BCUT2D eigenvalue weighted by Gasteiger charge is -2.52. The van der Waals surface area contributed by atoms with Gasteiger partial charge in [-0.15, -0.1) is 0 Å². The Balaban J connectivity index is 0.0000000994. The summed E-state index contributed by atoms with van der Waals surface area (Å²) in [4.78, 5) is 0.308. The zero-order chi connectivity index (χ0) is 101. The standard InChI is InChI=1S/C36H49N3O3S.C29H44N4O3S.2C29H43N3O/c1-21-6-9-27(10-7-21)43(40,41)39-20-25-18-35(5)26(15-32(25)38-39)8-11-29-28-12-13-36(17-23(3)30(28)16-31(29)35)24(4)34-33(42-36)14-22(2)19-37-34;1-16-9-26-27(33(15-16)37(30,34)35)18(3)29(36-26)8-7-21-22-6-5-20-10-25-19(14-31-32-25)13-28(20,4)24(22)11-23(21)17(2)12-29;2*1-16-9-26-27(30-14-16)18(3)29(33-26)8-7-21-22-6-5-20-10-25-19(15-31-32-25)13-28(20,4)24(22)11-23(21)17(2)12-29/h6-7,9-10,20,22,24,26,28-29,31,33-34,37H,8,11-19H2,1-5H3;14,16,18,20-22,24,26-27H,5-13,15H2,1-4H3,(H,31,32)(H2,30,34,35);2*15-16,18,20-22,24,26-27,30H,5-14H2,1-4H3,(H,31,32)/t22-,24+,26+,28-,29-,31-,33+,34-,35-,36-;3*16-,18+,20+,21-,22-,24-,26+,27-,28-,29-/m0000/s1. The number of nitrogens with two attached hydrogens (primary N) is 1. The summed E-state index contributed by atoms with van der Waals surface area (Å²) in [7, 11) is -7.45. The first-order valence-electron chi connectivity index (χ1n) is 59.6. The van der Waals surface area contributed by atoms with Crippen LogP contribution in [0, 0.1) is 171 Å². The van der Waals surface area contributed by atoms with Gasteiger partial charge in [0.15, 0.2) is 0 Å². The normalized spacial score (nSPS) is 47.5. The largest absolute Gasteiger partial charge is 0.369 e. The van der Waals surface area contributed by atoms with Crippen LogP contribution in [0.4, 0.5) is 0 Å².